The van der Waals surface area contributed by atoms with Gasteiger partial charge in [-0.15, -0.1) is 13.2 Å². The van der Waals surface area contributed by atoms with E-state index in [9.17, 15) is 0 Å². The summed E-state index contributed by atoms with van der Waals surface area (Å²) < 4.78 is 3.50. The van der Waals surface area contributed by atoms with Crippen molar-refractivity contribution in [2.24, 2.45) is 20.4 Å². The van der Waals surface area contributed by atoms with Crippen LogP contribution >= 0.6 is 24.6 Å². The van der Waals surface area contributed by atoms with Crippen molar-refractivity contribution < 1.29 is 0 Å². The van der Waals surface area contributed by atoms with Crippen LogP contribution in [-0.2, 0) is 0 Å². The van der Waals surface area contributed by atoms with Gasteiger partial charge in [0.15, 0.2) is 8.52 Å². The summed E-state index contributed by atoms with van der Waals surface area (Å²) in [5.74, 6) is 0.00463. The Morgan fingerprint density at radius 3 is 2.06 bits per heavy atom. The standard InChI is InChI=1S/C5H12B2N2.3C5H7N.CH4.H2N3P3/c1-3-5-7-9-8-6-4-2;1-3-5(2)4-6;1-3-4-5-6-2;1-2-3-4-5-6;;1-4-3-6-5-2/h3-5H2,1-2H3;3,5H,1H2,2H3;3-4H,5H2,1H3;2H,1,3-4H2;1H4;1-2H/b;;4-3+;;;. The van der Waals surface area contributed by atoms with Gasteiger partial charge in [0.2, 0.25) is 6.54 Å². The number of allylic oxidation sites excluding steroid dienone is 3. The number of unbranched alkanes of at least 4 members (excludes halogenated alkanes) is 1. The molecule has 0 radical (unpaired) electrons. The maximum atomic E-state index is 8.01. The van der Waals surface area contributed by atoms with Crippen molar-refractivity contribution in [2.45, 2.75) is 67.0 Å². The molecule has 13 heteroatoms. The summed E-state index contributed by atoms with van der Waals surface area (Å²) in [7, 11) is 5.07. The van der Waals surface area contributed by atoms with E-state index in [-0.39, 0.29) is 21.9 Å². The van der Waals surface area contributed by atoms with Gasteiger partial charge >= 0.3 is 57.1 Å². The van der Waals surface area contributed by atoms with Gasteiger partial charge in [-0.2, -0.15) is 15.0 Å². The van der Waals surface area contributed by atoms with Crippen LogP contribution in [0.3, 0.4) is 0 Å². The largest absolute Gasteiger partial charge is 0.312 e. The number of nitrogens with one attached hydrogen (secondary N) is 2. The predicted octanol–water partition coefficient (Wildman–Crippen LogP) is 10.2. The normalized spacial score (nSPS) is 9.44. The van der Waals surface area contributed by atoms with Gasteiger partial charge < -0.3 is 4.85 Å². The second kappa shape index (κ2) is 57.5. The summed E-state index contributed by atoms with van der Waals surface area (Å²) in [5.41, 5.74) is 0. The first-order valence-electron chi connectivity index (χ1n) is 10.1. The van der Waals surface area contributed by atoms with Gasteiger partial charge in [-0.1, -0.05) is 25.7 Å². The average molecular weight is 518 g/mol. The van der Waals surface area contributed by atoms with Gasteiger partial charge in [0, 0.05) is 6.42 Å². The second-order valence-electron chi connectivity index (χ2n) is 5.22. The topological polar surface area (TPSA) is 137 Å². The van der Waals surface area contributed by atoms with Gasteiger partial charge in [0.25, 0.3) is 0 Å². The SMILES string of the molecule is C.C=CC(C)C#N.C=CCCC#N.CCB=NN=BCCC.N=PN=PP=N.[C-]#[N+]C/C=C/C. The van der Waals surface area contributed by atoms with E-state index in [0.29, 0.717) is 29.1 Å². The molecule has 8 nitrogen and oxygen atoms in total. The van der Waals surface area contributed by atoms with E-state index in [1.807, 2.05) is 45.2 Å². The molecule has 0 aliphatic carbocycles. The monoisotopic (exact) mass is 518 g/mol. The van der Waals surface area contributed by atoms with Crippen LogP contribution in [0, 0.1) is 45.5 Å². The maximum Gasteiger partial charge on any atom is 0.232 e. The number of nitrogens with zero attached hydrogens (tertiary/aromatic N) is 6. The molecule has 1 unspecified atom stereocenters. The van der Waals surface area contributed by atoms with Gasteiger partial charge in [0.05, 0.1) is 34.2 Å². The van der Waals surface area contributed by atoms with Crippen LogP contribution in [0.15, 0.2) is 52.0 Å². The van der Waals surface area contributed by atoms with Crippen LogP contribution in [0.2, 0.25) is 12.6 Å². The molecule has 0 bridgehead atoms. The molecule has 0 rings (SSSR count). The molecule has 0 heterocycles. The molecule has 0 aromatic carbocycles. The first-order chi connectivity index (χ1) is 16.0. The Kier molecular flexibility index (Phi) is 76.6. The van der Waals surface area contributed by atoms with E-state index >= 15 is 0 Å². The van der Waals surface area contributed by atoms with E-state index < -0.39 is 0 Å². The quantitative estimate of drug-likeness (QED) is 0.0743. The van der Waals surface area contributed by atoms with Gasteiger partial charge in [-0.25, -0.2) is 6.57 Å². The van der Waals surface area contributed by atoms with E-state index in [1.165, 1.54) is 0 Å². The minimum Gasteiger partial charge on any atom is -0.312 e. The zero-order valence-electron chi connectivity index (χ0n) is 20.2. The first-order valence-corrected chi connectivity index (χ1v) is 13.4. The molecule has 0 aliphatic rings. The Balaban J connectivity index is -0.0000000724. The van der Waals surface area contributed by atoms with E-state index in [1.54, 1.807) is 26.1 Å². The van der Waals surface area contributed by atoms with Crippen molar-refractivity contribution in [1.29, 1.82) is 20.8 Å². The molecule has 0 saturated heterocycles. The van der Waals surface area contributed by atoms with Crippen LogP contribution in [0.4, 0.5) is 0 Å². The smallest absolute Gasteiger partial charge is 0.232 e. The molecule has 2 N–H and O–H groups in total. The summed E-state index contributed by atoms with van der Waals surface area (Å²) in [4.78, 5) is 3.09. The van der Waals surface area contributed by atoms with Crippen molar-refractivity contribution in [3.05, 3.63) is 48.9 Å². The molecule has 0 amide bonds. The van der Waals surface area contributed by atoms with Crippen molar-refractivity contribution in [2.75, 3.05) is 6.54 Å². The number of hydrogen-bond donors (Lipinski definition) is 2. The molecular formula is C21H39B2N8P3. The van der Waals surface area contributed by atoms with E-state index in [0.717, 1.165) is 25.5 Å². The van der Waals surface area contributed by atoms with Crippen molar-refractivity contribution >= 4 is 38.8 Å². The Bertz CT molecular complexity index is 682. The average Bonchev–Trinajstić information content (AvgIpc) is 2.85. The number of hydrogen-bond acceptors (Lipinski definition) is 6. The zero-order valence-corrected chi connectivity index (χ0v) is 22.9. The van der Waals surface area contributed by atoms with Crippen molar-refractivity contribution in [1.82, 2.24) is 0 Å². The van der Waals surface area contributed by atoms with Crippen LogP contribution in [0.5, 0.6) is 0 Å². The third-order valence-electron chi connectivity index (χ3n) is 2.41. The fourth-order valence-electron chi connectivity index (χ4n) is 0.780. The molecule has 0 aromatic rings. The van der Waals surface area contributed by atoms with Gasteiger partial charge in [-0.05, 0) is 26.3 Å². The molecule has 184 valence electrons. The molecule has 0 fully saturated rings. The Morgan fingerprint density at radius 1 is 1.21 bits per heavy atom. The molecule has 0 aliphatic heterocycles. The first kappa shape index (κ1) is 45.3. The van der Waals surface area contributed by atoms with Crippen molar-refractivity contribution in [3.63, 3.8) is 0 Å². The van der Waals surface area contributed by atoms with E-state index in [4.69, 9.17) is 27.4 Å². The third-order valence-corrected chi connectivity index (χ3v) is 4.17. The minimum absolute atomic E-state index is 0. The van der Waals surface area contributed by atoms with Gasteiger partial charge in [0.1, 0.15) is 0 Å². The van der Waals surface area contributed by atoms with Crippen LogP contribution in [0.1, 0.15) is 54.4 Å². The molecule has 1 atom stereocenters. The van der Waals surface area contributed by atoms with Crippen LogP contribution in [-0.4, -0.2) is 20.7 Å². The van der Waals surface area contributed by atoms with Crippen molar-refractivity contribution in [3.8, 4) is 12.1 Å². The molecule has 0 saturated carbocycles. The molecular weight excluding hydrogens is 479 g/mol. The zero-order chi connectivity index (χ0) is 26.4. The second-order valence-corrected chi connectivity index (χ2v) is 7.65. The summed E-state index contributed by atoms with van der Waals surface area (Å²) in [6, 6.07) is 3.99. The summed E-state index contributed by atoms with van der Waals surface area (Å²) in [6.07, 6.45) is 11.6. The van der Waals surface area contributed by atoms with Crippen LogP contribution in [0.25, 0.3) is 4.85 Å². The third kappa shape index (κ3) is 87.7. The summed E-state index contributed by atoms with van der Waals surface area (Å²) >= 11 is 0. The predicted molar refractivity (Wildman–Crippen MR) is 154 cm³/mol. The summed E-state index contributed by atoms with van der Waals surface area (Å²) in [5, 5.41) is 36.4. The Hall–Kier alpha value is -2.28. The number of rotatable bonds is 10. The minimum atomic E-state index is 0. The molecule has 0 aromatic heterocycles. The van der Waals surface area contributed by atoms with Gasteiger partial charge in [-0.3, -0.25) is 10.3 Å². The molecule has 34 heavy (non-hydrogen) atoms. The maximum absolute atomic E-state index is 8.01. The fourth-order valence-corrected chi connectivity index (χ4v) is 1.82. The summed E-state index contributed by atoms with van der Waals surface area (Å²) in [6.45, 7) is 21.5. The molecule has 0 spiro atoms. The fraction of sp³-hybridized carbons (Fsp3) is 0.571. The number of nitriles is 2. The van der Waals surface area contributed by atoms with E-state index in [2.05, 4.69) is 39.5 Å². The Labute approximate surface area is 214 Å². The van der Waals surface area contributed by atoms with Crippen LogP contribution < -0.4 is 0 Å². The Morgan fingerprint density at radius 2 is 1.82 bits per heavy atom.